The maximum absolute atomic E-state index is 11.7. The molecule has 0 aliphatic heterocycles. The molecule has 5 heteroatoms. The molecular weight excluding hydrogens is 232 g/mol. The van der Waals surface area contributed by atoms with Crippen molar-refractivity contribution in [2.45, 2.75) is 32.9 Å². The first-order valence-corrected chi connectivity index (χ1v) is 6.36. The molecule has 1 aromatic heterocycles. The van der Waals surface area contributed by atoms with Gasteiger partial charge < -0.3 is 19.8 Å². The van der Waals surface area contributed by atoms with Gasteiger partial charge in [0, 0.05) is 6.54 Å². The summed E-state index contributed by atoms with van der Waals surface area (Å²) in [5, 5.41) is 5.97. The fraction of sp³-hybridized carbons (Fsp3) is 0.615. The van der Waals surface area contributed by atoms with Crippen LogP contribution in [0.4, 0.5) is 0 Å². The monoisotopic (exact) mass is 254 g/mol. The molecule has 0 bridgehead atoms. The highest BCUT2D eigenvalue weighted by atomic mass is 16.5. The van der Waals surface area contributed by atoms with E-state index in [1.807, 2.05) is 6.07 Å². The zero-order valence-electron chi connectivity index (χ0n) is 11.1. The summed E-state index contributed by atoms with van der Waals surface area (Å²) in [6, 6.07) is 3.61. The Morgan fingerprint density at radius 2 is 2.33 bits per heavy atom. The van der Waals surface area contributed by atoms with Crippen LogP contribution in [0.3, 0.4) is 0 Å². The Labute approximate surface area is 108 Å². The summed E-state index contributed by atoms with van der Waals surface area (Å²) in [5.41, 5.74) is 0. The number of carbonyl (C=O) groups is 1. The Kier molecular flexibility index (Phi) is 7.13. The zero-order valence-corrected chi connectivity index (χ0v) is 11.1. The minimum atomic E-state index is -0.441. The molecule has 0 aliphatic rings. The summed E-state index contributed by atoms with van der Waals surface area (Å²) in [5.74, 6) is 0.613. The largest absolute Gasteiger partial charge is 0.467 e. The van der Waals surface area contributed by atoms with Gasteiger partial charge in [0.25, 0.3) is 0 Å². The molecule has 18 heavy (non-hydrogen) atoms. The van der Waals surface area contributed by atoms with Crippen LogP contribution >= 0.6 is 0 Å². The number of ether oxygens (including phenoxy) is 1. The SMILES string of the molecule is CCCNCCOC(C)C(=O)NCc1ccco1. The minimum absolute atomic E-state index is 0.123. The van der Waals surface area contributed by atoms with Crippen LogP contribution in [-0.2, 0) is 16.1 Å². The van der Waals surface area contributed by atoms with E-state index >= 15 is 0 Å². The predicted molar refractivity (Wildman–Crippen MR) is 69.1 cm³/mol. The van der Waals surface area contributed by atoms with Gasteiger partial charge in [-0.3, -0.25) is 4.79 Å². The summed E-state index contributed by atoms with van der Waals surface area (Å²) < 4.78 is 10.5. The van der Waals surface area contributed by atoms with E-state index in [2.05, 4.69) is 17.6 Å². The second-order valence-corrected chi connectivity index (χ2v) is 4.06. The van der Waals surface area contributed by atoms with Crippen molar-refractivity contribution in [3.05, 3.63) is 24.2 Å². The molecule has 1 aromatic rings. The third-order valence-corrected chi connectivity index (χ3v) is 2.46. The lowest BCUT2D eigenvalue weighted by Gasteiger charge is -2.13. The summed E-state index contributed by atoms with van der Waals surface area (Å²) in [6.45, 7) is 6.53. The van der Waals surface area contributed by atoms with Gasteiger partial charge in [0.2, 0.25) is 5.91 Å². The van der Waals surface area contributed by atoms with Gasteiger partial charge in [-0.25, -0.2) is 0 Å². The van der Waals surface area contributed by atoms with Crippen LogP contribution in [0.2, 0.25) is 0 Å². The summed E-state index contributed by atoms with van der Waals surface area (Å²) in [4.78, 5) is 11.7. The van der Waals surface area contributed by atoms with Crippen molar-refractivity contribution in [1.82, 2.24) is 10.6 Å². The number of carbonyl (C=O) groups excluding carboxylic acids is 1. The Balaban J connectivity index is 2.09. The van der Waals surface area contributed by atoms with E-state index < -0.39 is 6.10 Å². The Hall–Kier alpha value is -1.33. The quantitative estimate of drug-likeness (QED) is 0.652. The van der Waals surface area contributed by atoms with Crippen LogP contribution in [0.15, 0.2) is 22.8 Å². The van der Waals surface area contributed by atoms with Gasteiger partial charge in [-0.05, 0) is 32.0 Å². The first-order valence-electron chi connectivity index (χ1n) is 6.36. The van der Waals surface area contributed by atoms with Gasteiger partial charge in [0.1, 0.15) is 11.9 Å². The molecule has 5 nitrogen and oxygen atoms in total. The lowest BCUT2D eigenvalue weighted by atomic mass is 10.3. The number of furan rings is 1. The molecule has 0 saturated heterocycles. The highest BCUT2D eigenvalue weighted by Gasteiger charge is 2.12. The molecule has 1 amide bonds. The maximum atomic E-state index is 11.7. The third kappa shape index (κ3) is 5.84. The molecular formula is C13H22N2O3. The van der Waals surface area contributed by atoms with Gasteiger partial charge in [-0.15, -0.1) is 0 Å². The van der Waals surface area contributed by atoms with E-state index in [9.17, 15) is 4.79 Å². The van der Waals surface area contributed by atoms with Crippen molar-refractivity contribution >= 4 is 5.91 Å². The normalized spacial score (nSPS) is 12.3. The average molecular weight is 254 g/mol. The summed E-state index contributed by atoms with van der Waals surface area (Å²) in [6.07, 6.45) is 2.24. The Bertz CT molecular complexity index is 325. The summed E-state index contributed by atoms with van der Waals surface area (Å²) >= 11 is 0. The molecule has 0 aliphatic carbocycles. The highest BCUT2D eigenvalue weighted by Crippen LogP contribution is 1.99. The fourth-order valence-corrected chi connectivity index (χ4v) is 1.42. The molecule has 1 atom stereocenters. The Morgan fingerprint density at radius 3 is 3.00 bits per heavy atom. The number of nitrogens with one attached hydrogen (secondary N) is 2. The molecule has 1 heterocycles. The zero-order chi connectivity index (χ0) is 13.2. The van der Waals surface area contributed by atoms with Crippen LogP contribution in [-0.4, -0.2) is 31.7 Å². The van der Waals surface area contributed by atoms with Crippen molar-refractivity contribution in [2.75, 3.05) is 19.7 Å². The minimum Gasteiger partial charge on any atom is -0.467 e. The second-order valence-electron chi connectivity index (χ2n) is 4.06. The van der Waals surface area contributed by atoms with Crippen molar-refractivity contribution < 1.29 is 13.9 Å². The van der Waals surface area contributed by atoms with E-state index in [1.54, 1.807) is 19.3 Å². The molecule has 1 rings (SSSR count). The second kappa shape index (κ2) is 8.72. The molecule has 2 N–H and O–H groups in total. The summed E-state index contributed by atoms with van der Waals surface area (Å²) in [7, 11) is 0. The molecule has 0 spiro atoms. The molecule has 0 aromatic carbocycles. The highest BCUT2D eigenvalue weighted by molar-refractivity contribution is 5.80. The predicted octanol–water partition coefficient (Wildman–Crippen LogP) is 1.30. The van der Waals surface area contributed by atoms with E-state index in [1.165, 1.54) is 0 Å². The maximum Gasteiger partial charge on any atom is 0.249 e. The molecule has 0 saturated carbocycles. The van der Waals surface area contributed by atoms with Crippen molar-refractivity contribution in [3.8, 4) is 0 Å². The van der Waals surface area contributed by atoms with Gasteiger partial charge in [-0.1, -0.05) is 6.92 Å². The topological polar surface area (TPSA) is 63.5 Å². The molecule has 102 valence electrons. The molecule has 1 unspecified atom stereocenters. The number of rotatable bonds is 9. The Morgan fingerprint density at radius 1 is 1.50 bits per heavy atom. The fourth-order valence-electron chi connectivity index (χ4n) is 1.42. The van der Waals surface area contributed by atoms with Crippen LogP contribution < -0.4 is 10.6 Å². The van der Waals surface area contributed by atoms with Crippen LogP contribution in [0.5, 0.6) is 0 Å². The van der Waals surface area contributed by atoms with E-state index in [-0.39, 0.29) is 5.91 Å². The number of hydrogen-bond donors (Lipinski definition) is 2. The lowest BCUT2D eigenvalue weighted by Crippen LogP contribution is -2.35. The van der Waals surface area contributed by atoms with Gasteiger partial charge in [0.15, 0.2) is 0 Å². The third-order valence-electron chi connectivity index (χ3n) is 2.46. The average Bonchev–Trinajstić information content (AvgIpc) is 2.88. The standard InChI is InChI=1S/C13H22N2O3/c1-3-6-14-7-9-17-11(2)13(16)15-10-12-5-4-8-18-12/h4-5,8,11,14H,3,6-7,9-10H2,1-2H3,(H,15,16). The van der Waals surface area contributed by atoms with E-state index in [4.69, 9.17) is 9.15 Å². The first-order chi connectivity index (χ1) is 8.74. The lowest BCUT2D eigenvalue weighted by molar-refractivity contribution is -0.131. The number of amides is 1. The number of hydrogen-bond acceptors (Lipinski definition) is 4. The van der Waals surface area contributed by atoms with Crippen molar-refractivity contribution in [3.63, 3.8) is 0 Å². The van der Waals surface area contributed by atoms with E-state index in [0.717, 1.165) is 25.3 Å². The molecule has 0 fully saturated rings. The van der Waals surface area contributed by atoms with Gasteiger partial charge >= 0.3 is 0 Å². The van der Waals surface area contributed by atoms with Crippen LogP contribution in [0, 0.1) is 0 Å². The van der Waals surface area contributed by atoms with Crippen molar-refractivity contribution in [2.24, 2.45) is 0 Å². The van der Waals surface area contributed by atoms with Crippen molar-refractivity contribution in [1.29, 1.82) is 0 Å². The van der Waals surface area contributed by atoms with Crippen LogP contribution in [0.25, 0.3) is 0 Å². The smallest absolute Gasteiger partial charge is 0.249 e. The first kappa shape index (κ1) is 14.7. The van der Waals surface area contributed by atoms with Gasteiger partial charge in [0.05, 0.1) is 19.4 Å². The van der Waals surface area contributed by atoms with Gasteiger partial charge in [-0.2, -0.15) is 0 Å². The van der Waals surface area contributed by atoms with Crippen LogP contribution in [0.1, 0.15) is 26.0 Å². The molecule has 0 radical (unpaired) electrons. The van der Waals surface area contributed by atoms with E-state index in [0.29, 0.717) is 13.2 Å².